The first-order valence-electron chi connectivity index (χ1n) is 7.72. The molecule has 3 rings (SSSR count). The Balaban J connectivity index is 2.11. The first kappa shape index (κ1) is 16.5. The lowest BCUT2D eigenvalue weighted by molar-refractivity contribution is -0.118. The third-order valence-electron chi connectivity index (χ3n) is 3.94. The van der Waals surface area contributed by atoms with E-state index in [1.54, 1.807) is 11.9 Å². The van der Waals surface area contributed by atoms with Crippen LogP contribution in [0.15, 0.2) is 36.4 Å². The predicted octanol–water partition coefficient (Wildman–Crippen LogP) is 3.50. The van der Waals surface area contributed by atoms with E-state index in [4.69, 9.17) is 17.3 Å². The van der Waals surface area contributed by atoms with Crippen LogP contribution in [0, 0.1) is 6.92 Å². The lowest BCUT2D eigenvalue weighted by Crippen LogP contribution is -2.28. The van der Waals surface area contributed by atoms with Crippen LogP contribution in [0.3, 0.4) is 0 Å². The molecule has 3 aromatic rings. The van der Waals surface area contributed by atoms with E-state index < -0.39 is 0 Å². The molecule has 6 heteroatoms. The molecule has 1 amide bonds. The number of fused-ring (bicyclic) bond motifs is 1. The highest BCUT2D eigenvalue weighted by Crippen LogP contribution is 2.31. The summed E-state index contributed by atoms with van der Waals surface area (Å²) in [7, 11) is 1.76. The van der Waals surface area contributed by atoms with Crippen LogP contribution in [0.2, 0.25) is 5.02 Å². The Morgan fingerprint density at radius 1 is 1.29 bits per heavy atom. The van der Waals surface area contributed by atoms with Gasteiger partial charge in [-0.3, -0.25) is 4.79 Å². The fraction of sp³-hybridized carbons (Fsp3) is 0.222. The molecule has 0 aliphatic carbocycles. The molecule has 2 aromatic carbocycles. The number of aromatic nitrogens is 2. The molecule has 124 valence electrons. The maximum absolute atomic E-state index is 12.2. The van der Waals surface area contributed by atoms with Gasteiger partial charge < -0.3 is 15.6 Å². The number of carbonyl (C=O) groups excluding carboxylic acids is 1. The Morgan fingerprint density at radius 3 is 2.83 bits per heavy atom. The molecule has 3 N–H and O–H groups in total. The normalized spacial score (nSPS) is 11.0. The van der Waals surface area contributed by atoms with Gasteiger partial charge in [-0.2, -0.15) is 0 Å². The Kier molecular flexibility index (Phi) is 4.55. The van der Waals surface area contributed by atoms with E-state index in [1.807, 2.05) is 43.3 Å². The minimum Gasteiger partial charge on any atom is -0.338 e. The molecule has 1 heterocycles. The third-order valence-corrected chi connectivity index (χ3v) is 4.18. The van der Waals surface area contributed by atoms with E-state index in [0.29, 0.717) is 23.8 Å². The summed E-state index contributed by atoms with van der Waals surface area (Å²) in [6.07, 6.45) is 0.305. The van der Waals surface area contributed by atoms with Gasteiger partial charge in [-0.15, -0.1) is 0 Å². The standard InChI is InChI=1S/C18H19ClN4O/c1-11-3-6-16(23(2)17(24)7-8-20)13(9-11)18-21-14-5-4-12(19)10-15(14)22-18/h3-6,9-10H,7-8,20H2,1-2H3,(H,21,22). The van der Waals surface area contributed by atoms with Gasteiger partial charge in [0.15, 0.2) is 0 Å². The number of halogens is 1. The first-order chi connectivity index (χ1) is 11.5. The number of hydrogen-bond acceptors (Lipinski definition) is 3. The number of imidazole rings is 1. The minimum absolute atomic E-state index is 0.0261. The van der Waals surface area contributed by atoms with E-state index in [1.165, 1.54) is 0 Å². The van der Waals surface area contributed by atoms with Crippen molar-refractivity contribution in [2.75, 3.05) is 18.5 Å². The molecule has 5 nitrogen and oxygen atoms in total. The molecular formula is C18H19ClN4O. The number of H-pyrrole nitrogens is 1. The van der Waals surface area contributed by atoms with Crippen molar-refractivity contribution in [2.24, 2.45) is 5.73 Å². The van der Waals surface area contributed by atoms with Crippen molar-refractivity contribution in [1.29, 1.82) is 0 Å². The maximum atomic E-state index is 12.2. The third kappa shape index (κ3) is 3.13. The number of nitrogens with one attached hydrogen (secondary N) is 1. The zero-order chi connectivity index (χ0) is 17.3. The Labute approximate surface area is 145 Å². The quantitative estimate of drug-likeness (QED) is 0.762. The van der Waals surface area contributed by atoms with Crippen LogP contribution in [0.5, 0.6) is 0 Å². The second-order valence-corrected chi connectivity index (χ2v) is 6.20. The number of anilines is 1. The monoisotopic (exact) mass is 342 g/mol. The topological polar surface area (TPSA) is 75.0 Å². The van der Waals surface area contributed by atoms with E-state index in [9.17, 15) is 4.79 Å². The van der Waals surface area contributed by atoms with Gasteiger partial charge >= 0.3 is 0 Å². The van der Waals surface area contributed by atoms with Gasteiger partial charge in [0, 0.05) is 30.6 Å². The Bertz CT molecular complexity index is 903. The zero-order valence-electron chi connectivity index (χ0n) is 13.6. The van der Waals surface area contributed by atoms with Gasteiger partial charge in [0.1, 0.15) is 5.82 Å². The van der Waals surface area contributed by atoms with Crippen molar-refractivity contribution in [3.63, 3.8) is 0 Å². The summed E-state index contributed by atoms with van der Waals surface area (Å²) < 4.78 is 0. The average Bonchev–Trinajstić information content (AvgIpc) is 2.97. The van der Waals surface area contributed by atoms with Gasteiger partial charge in [0.25, 0.3) is 0 Å². The Morgan fingerprint density at radius 2 is 2.08 bits per heavy atom. The van der Waals surface area contributed by atoms with Gasteiger partial charge in [-0.25, -0.2) is 4.98 Å². The second-order valence-electron chi connectivity index (χ2n) is 5.76. The zero-order valence-corrected chi connectivity index (χ0v) is 14.4. The highest BCUT2D eigenvalue weighted by molar-refractivity contribution is 6.31. The fourth-order valence-corrected chi connectivity index (χ4v) is 2.84. The summed E-state index contributed by atoms with van der Waals surface area (Å²) in [5.74, 6) is 0.681. The lowest BCUT2D eigenvalue weighted by atomic mass is 10.1. The molecule has 0 bridgehead atoms. The number of aromatic amines is 1. The smallest absolute Gasteiger partial charge is 0.228 e. The second kappa shape index (κ2) is 6.63. The summed E-state index contributed by atoms with van der Waals surface area (Å²) in [6.45, 7) is 2.34. The van der Waals surface area contributed by atoms with Crippen LogP contribution in [0.1, 0.15) is 12.0 Å². The number of carbonyl (C=O) groups is 1. The summed E-state index contributed by atoms with van der Waals surface area (Å²) in [6, 6.07) is 11.4. The van der Waals surface area contributed by atoms with Crippen LogP contribution in [0.4, 0.5) is 5.69 Å². The van der Waals surface area contributed by atoms with E-state index in [-0.39, 0.29) is 5.91 Å². The maximum Gasteiger partial charge on any atom is 0.228 e. The number of nitrogens with two attached hydrogens (primary N) is 1. The van der Waals surface area contributed by atoms with Gasteiger partial charge in [0.2, 0.25) is 5.91 Å². The van der Waals surface area contributed by atoms with Crippen molar-refractivity contribution >= 4 is 34.2 Å². The van der Waals surface area contributed by atoms with Crippen LogP contribution in [-0.4, -0.2) is 29.5 Å². The summed E-state index contributed by atoms with van der Waals surface area (Å²) >= 11 is 6.04. The highest BCUT2D eigenvalue weighted by atomic mass is 35.5. The molecule has 0 atom stereocenters. The molecule has 0 unspecified atom stereocenters. The Hall–Kier alpha value is -2.37. The number of aryl methyl sites for hydroxylation is 1. The van der Waals surface area contributed by atoms with Crippen molar-refractivity contribution in [1.82, 2.24) is 9.97 Å². The number of amides is 1. The molecule has 0 spiro atoms. The number of rotatable bonds is 4. The molecular weight excluding hydrogens is 324 g/mol. The molecule has 24 heavy (non-hydrogen) atoms. The largest absolute Gasteiger partial charge is 0.338 e. The first-order valence-corrected chi connectivity index (χ1v) is 8.10. The molecule has 0 saturated carbocycles. The molecule has 0 fully saturated rings. The van der Waals surface area contributed by atoms with Crippen LogP contribution >= 0.6 is 11.6 Å². The van der Waals surface area contributed by atoms with Crippen molar-refractivity contribution < 1.29 is 4.79 Å². The summed E-state index contributed by atoms with van der Waals surface area (Å²) in [5.41, 5.74) is 9.95. The number of hydrogen-bond donors (Lipinski definition) is 2. The van der Waals surface area contributed by atoms with Crippen molar-refractivity contribution in [3.05, 3.63) is 47.0 Å². The SMILES string of the molecule is Cc1ccc(N(C)C(=O)CCN)c(-c2nc3ccc(Cl)cc3[nH]2)c1. The summed E-state index contributed by atoms with van der Waals surface area (Å²) in [4.78, 5) is 21.8. The molecule has 0 radical (unpaired) electrons. The average molecular weight is 343 g/mol. The minimum atomic E-state index is -0.0261. The van der Waals surface area contributed by atoms with E-state index in [2.05, 4.69) is 9.97 Å². The molecule has 0 aliphatic rings. The van der Waals surface area contributed by atoms with E-state index in [0.717, 1.165) is 27.8 Å². The van der Waals surface area contributed by atoms with Gasteiger partial charge in [-0.1, -0.05) is 23.2 Å². The lowest BCUT2D eigenvalue weighted by Gasteiger charge is -2.20. The van der Waals surface area contributed by atoms with E-state index >= 15 is 0 Å². The summed E-state index contributed by atoms with van der Waals surface area (Å²) in [5, 5.41) is 0.650. The van der Waals surface area contributed by atoms with Crippen LogP contribution in [0.25, 0.3) is 22.4 Å². The molecule has 0 saturated heterocycles. The van der Waals surface area contributed by atoms with Crippen molar-refractivity contribution in [3.8, 4) is 11.4 Å². The van der Waals surface area contributed by atoms with Crippen LogP contribution in [-0.2, 0) is 4.79 Å². The number of benzene rings is 2. The highest BCUT2D eigenvalue weighted by Gasteiger charge is 2.17. The molecule has 1 aromatic heterocycles. The molecule has 0 aliphatic heterocycles. The number of nitrogens with zero attached hydrogens (tertiary/aromatic N) is 2. The predicted molar refractivity (Wildman–Crippen MR) is 98.4 cm³/mol. The van der Waals surface area contributed by atoms with Gasteiger partial charge in [0.05, 0.1) is 16.7 Å². The van der Waals surface area contributed by atoms with Crippen molar-refractivity contribution in [2.45, 2.75) is 13.3 Å². The van der Waals surface area contributed by atoms with Crippen LogP contribution < -0.4 is 10.6 Å². The fourth-order valence-electron chi connectivity index (χ4n) is 2.67. The van der Waals surface area contributed by atoms with Gasteiger partial charge in [-0.05, 0) is 37.3 Å².